The van der Waals surface area contributed by atoms with Crippen molar-refractivity contribution in [2.24, 2.45) is 0 Å². The van der Waals surface area contributed by atoms with Crippen LogP contribution in [0.4, 0.5) is 10.1 Å². The number of carbonyl (C=O) groups excluding carboxylic acids is 1. The molecular weight excluding hydrogens is 357 g/mol. The average molecular weight is 372 g/mol. The molecule has 0 aliphatic carbocycles. The number of thiophene rings is 1. The standard InChI is InChI=1S/C15H15BrFNO2S/c1-7(2)11-12(18)14(15(19)20-3)21-13(11)9-5-4-8(16)6-10(9)17/h4-7H,18H2,1-3H3. The van der Waals surface area contributed by atoms with Gasteiger partial charge in [-0.15, -0.1) is 11.3 Å². The Morgan fingerprint density at radius 2 is 2.10 bits per heavy atom. The molecule has 0 spiro atoms. The molecule has 0 unspecified atom stereocenters. The van der Waals surface area contributed by atoms with E-state index in [0.29, 0.717) is 25.5 Å². The van der Waals surface area contributed by atoms with E-state index in [9.17, 15) is 9.18 Å². The zero-order valence-corrected chi connectivity index (χ0v) is 14.3. The van der Waals surface area contributed by atoms with Crippen LogP contribution in [0.25, 0.3) is 10.4 Å². The summed E-state index contributed by atoms with van der Waals surface area (Å²) in [6.45, 7) is 3.92. The van der Waals surface area contributed by atoms with Crippen LogP contribution in [0.1, 0.15) is 35.0 Å². The van der Waals surface area contributed by atoms with Gasteiger partial charge in [0, 0.05) is 14.9 Å². The van der Waals surface area contributed by atoms with Gasteiger partial charge in [-0.1, -0.05) is 29.8 Å². The highest BCUT2D eigenvalue weighted by molar-refractivity contribution is 9.10. The van der Waals surface area contributed by atoms with E-state index in [1.54, 1.807) is 12.1 Å². The number of carbonyl (C=O) groups is 1. The molecule has 1 heterocycles. The molecule has 1 aromatic heterocycles. The van der Waals surface area contributed by atoms with Gasteiger partial charge in [-0.25, -0.2) is 9.18 Å². The molecule has 2 N–H and O–H groups in total. The smallest absolute Gasteiger partial charge is 0.350 e. The molecule has 112 valence electrons. The highest BCUT2D eigenvalue weighted by Crippen LogP contribution is 2.43. The molecule has 0 saturated heterocycles. The van der Waals surface area contributed by atoms with Gasteiger partial charge >= 0.3 is 5.97 Å². The van der Waals surface area contributed by atoms with Crippen molar-refractivity contribution in [3.63, 3.8) is 0 Å². The largest absolute Gasteiger partial charge is 0.465 e. The Kier molecular flexibility index (Phi) is 4.68. The molecule has 0 aliphatic rings. The zero-order valence-electron chi connectivity index (χ0n) is 11.9. The first-order valence-electron chi connectivity index (χ1n) is 6.32. The van der Waals surface area contributed by atoms with E-state index in [0.717, 1.165) is 5.56 Å². The number of nitrogens with two attached hydrogens (primary N) is 1. The van der Waals surface area contributed by atoms with Crippen LogP contribution in [0.3, 0.4) is 0 Å². The third-order valence-electron chi connectivity index (χ3n) is 3.11. The van der Waals surface area contributed by atoms with Crippen LogP contribution in [-0.2, 0) is 4.74 Å². The lowest BCUT2D eigenvalue weighted by Gasteiger charge is -2.10. The maximum atomic E-state index is 14.2. The number of esters is 1. The Morgan fingerprint density at radius 3 is 2.62 bits per heavy atom. The fraction of sp³-hybridized carbons (Fsp3) is 0.267. The van der Waals surface area contributed by atoms with E-state index in [2.05, 4.69) is 15.9 Å². The second-order valence-corrected chi connectivity index (χ2v) is 6.79. The van der Waals surface area contributed by atoms with Gasteiger partial charge in [0.25, 0.3) is 0 Å². The third-order valence-corrected chi connectivity index (χ3v) is 4.84. The average Bonchev–Trinajstić information content (AvgIpc) is 2.75. The number of nitrogen functional groups attached to an aromatic ring is 1. The van der Waals surface area contributed by atoms with Crippen LogP contribution in [0.2, 0.25) is 0 Å². The molecule has 0 fully saturated rings. The lowest BCUT2D eigenvalue weighted by molar-refractivity contribution is 0.0607. The predicted octanol–water partition coefficient (Wildman–Crippen LogP) is 4.81. The van der Waals surface area contributed by atoms with Gasteiger partial charge in [0.2, 0.25) is 0 Å². The summed E-state index contributed by atoms with van der Waals surface area (Å²) in [5.74, 6) is -0.787. The summed E-state index contributed by atoms with van der Waals surface area (Å²) in [6.07, 6.45) is 0. The Balaban J connectivity index is 2.70. The van der Waals surface area contributed by atoms with Crippen molar-refractivity contribution in [1.82, 2.24) is 0 Å². The first-order chi connectivity index (χ1) is 9.86. The van der Waals surface area contributed by atoms with Crippen molar-refractivity contribution in [2.45, 2.75) is 19.8 Å². The van der Waals surface area contributed by atoms with Crippen molar-refractivity contribution in [3.8, 4) is 10.4 Å². The zero-order chi connectivity index (χ0) is 15.7. The van der Waals surface area contributed by atoms with Crippen LogP contribution in [0.15, 0.2) is 22.7 Å². The molecule has 2 rings (SSSR count). The minimum absolute atomic E-state index is 0.0673. The summed E-state index contributed by atoms with van der Waals surface area (Å²) >= 11 is 4.40. The van der Waals surface area contributed by atoms with Gasteiger partial charge in [-0.3, -0.25) is 0 Å². The van der Waals surface area contributed by atoms with Gasteiger partial charge < -0.3 is 10.5 Å². The van der Waals surface area contributed by atoms with E-state index in [4.69, 9.17) is 10.5 Å². The molecule has 0 bridgehead atoms. The van der Waals surface area contributed by atoms with Crippen LogP contribution in [0, 0.1) is 5.82 Å². The lowest BCUT2D eigenvalue weighted by Crippen LogP contribution is -2.03. The highest BCUT2D eigenvalue weighted by Gasteiger charge is 2.25. The second kappa shape index (κ2) is 6.15. The predicted molar refractivity (Wildman–Crippen MR) is 87.3 cm³/mol. The number of methoxy groups -OCH3 is 1. The fourth-order valence-corrected chi connectivity index (χ4v) is 3.80. The molecule has 0 saturated carbocycles. The molecule has 21 heavy (non-hydrogen) atoms. The highest BCUT2D eigenvalue weighted by atomic mass is 79.9. The monoisotopic (exact) mass is 371 g/mol. The summed E-state index contributed by atoms with van der Waals surface area (Å²) in [4.78, 5) is 12.8. The normalized spacial score (nSPS) is 11.0. The number of ether oxygens (including phenoxy) is 1. The quantitative estimate of drug-likeness (QED) is 0.787. The van der Waals surface area contributed by atoms with Crippen LogP contribution in [-0.4, -0.2) is 13.1 Å². The van der Waals surface area contributed by atoms with Crippen molar-refractivity contribution in [1.29, 1.82) is 0 Å². The Bertz CT molecular complexity index is 697. The SMILES string of the molecule is COC(=O)c1sc(-c2ccc(Br)cc2F)c(C(C)C)c1N. The minimum Gasteiger partial charge on any atom is -0.465 e. The molecular formula is C15H15BrFNO2S. The second-order valence-electron chi connectivity index (χ2n) is 4.86. The summed E-state index contributed by atoms with van der Waals surface area (Å²) in [6, 6.07) is 4.83. The lowest BCUT2D eigenvalue weighted by atomic mass is 9.98. The fourth-order valence-electron chi connectivity index (χ4n) is 2.15. The van der Waals surface area contributed by atoms with Gasteiger partial charge in [-0.05, 0) is 29.7 Å². The van der Waals surface area contributed by atoms with Crippen molar-refractivity contribution in [2.75, 3.05) is 12.8 Å². The first-order valence-corrected chi connectivity index (χ1v) is 7.93. The topological polar surface area (TPSA) is 52.3 Å². The maximum absolute atomic E-state index is 14.2. The van der Waals surface area contributed by atoms with Crippen LogP contribution in [0.5, 0.6) is 0 Å². The molecule has 6 heteroatoms. The van der Waals surface area contributed by atoms with Gasteiger partial charge in [-0.2, -0.15) is 0 Å². The molecule has 0 amide bonds. The molecule has 0 aliphatic heterocycles. The third kappa shape index (κ3) is 2.96. The van der Waals surface area contributed by atoms with E-state index in [-0.39, 0.29) is 11.7 Å². The van der Waals surface area contributed by atoms with Gasteiger partial charge in [0.05, 0.1) is 12.8 Å². The number of rotatable bonds is 3. The molecule has 1 aromatic carbocycles. The van der Waals surface area contributed by atoms with E-state index >= 15 is 0 Å². The van der Waals surface area contributed by atoms with E-state index in [1.165, 1.54) is 24.5 Å². The number of halogens is 2. The van der Waals surface area contributed by atoms with Gasteiger partial charge in [0.1, 0.15) is 10.7 Å². The first kappa shape index (κ1) is 16.0. The number of hydrogen-bond acceptors (Lipinski definition) is 4. The van der Waals surface area contributed by atoms with E-state index < -0.39 is 5.97 Å². The van der Waals surface area contributed by atoms with Crippen LogP contribution < -0.4 is 5.73 Å². The summed E-state index contributed by atoms with van der Waals surface area (Å²) in [5, 5.41) is 0. The number of anilines is 1. The van der Waals surface area contributed by atoms with Crippen molar-refractivity contribution in [3.05, 3.63) is 38.9 Å². The van der Waals surface area contributed by atoms with Crippen molar-refractivity contribution < 1.29 is 13.9 Å². The minimum atomic E-state index is -0.497. The Labute approximate surface area is 135 Å². The Hall–Kier alpha value is -1.40. The maximum Gasteiger partial charge on any atom is 0.350 e. The number of hydrogen-bond donors (Lipinski definition) is 1. The Morgan fingerprint density at radius 1 is 1.43 bits per heavy atom. The summed E-state index contributed by atoms with van der Waals surface area (Å²) < 4.78 is 19.6. The summed E-state index contributed by atoms with van der Waals surface area (Å²) in [5.41, 5.74) is 7.67. The van der Waals surface area contributed by atoms with E-state index in [1.807, 2.05) is 13.8 Å². The molecule has 2 aromatic rings. The molecule has 0 radical (unpaired) electrons. The van der Waals surface area contributed by atoms with Crippen LogP contribution >= 0.6 is 27.3 Å². The summed E-state index contributed by atoms with van der Waals surface area (Å²) in [7, 11) is 1.30. The number of benzene rings is 1. The van der Waals surface area contributed by atoms with Crippen molar-refractivity contribution >= 4 is 38.9 Å². The molecule has 3 nitrogen and oxygen atoms in total. The molecule has 0 atom stereocenters. The van der Waals surface area contributed by atoms with Gasteiger partial charge in [0.15, 0.2) is 0 Å².